The van der Waals surface area contributed by atoms with Crippen LogP contribution in [-0.2, 0) is 0 Å². The highest BCUT2D eigenvalue weighted by molar-refractivity contribution is 7.10. The highest BCUT2D eigenvalue weighted by atomic mass is 32.1. The molecular weight excluding hydrogens is 532 g/mol. The summed E-state index contributed by atoms with van der Waals surface area (Å²) in [5.74, 6) is -0.131. The van der Waals surface area contributed by atoms with Crippen LogP contribution in [0.4, 0.5) is 22.2 Å². The Kier molecular flexibility index (Phi) is 7.42. The maximum absolute atomic E-state index is 13.3. The molecule has 0 atom stereocenters. The first-order chi connectivity index (χ1) is 19.4. The number of fused-ring (bicyclic) bond motifs is 1. The van der Waals surface area contributed by atoms with E-state index < -0.39 is 11.8 Å². The number of aromatic nitrogens is 3. The Morgan fingerprint density at radius 2 is 1.68 bits per heavy atom. The fourth-order valence-electron chi connectivity index (χ4n) is 4.01. The Hall–Kier alpha value is -5.23. The Balaban J connectivity index is 1.32. The summed E-state index contributed by atoms with van der Waals surface area (Å²) < 4.78 is 14.7. The number of nitrogens with zero attached hydrogens (tertiary/aromatic N) is 3. The largest absolute Gasteiger partial charge is 0.504 e. The number of phenols is 1. The van der Waals surface area contributed by atoms with Gasteiger partial charge in [-0.3, -0.25) is 14.6 Å². The fourth-order valence-corrected chi connectivity index (χ4v) is 4.81. The van der Waals surface area contributed by atoms with E-state index in [2.05, 4.69) is 30.3 Å². The van der Waals surface area contributed by atoms with Crippen LogP contribution in [0.2, 0.25) is 0 Å². The molecule has 202 valence electrons. The van der Waals surface area contributed by atoms with Crippen molar-refractivity contribution in [3.63, 3.8) is 0 Å². The normalized spacial score (nSPS) is 10.7. The van der Waals surface area contributed by atoms with Crippen molar-refractivity contribution in [3.8, 4) is 17.2 Å². The minimum absolute atomic E-state index is 0.157. The third kappa shape index (κ3) is 5.47. The lowest BCUT2D eigenvalue weighted by molar-refractivity contribution is 0.101. The van der Waals surface area contributed by atoms with E-state index in [9.17, 15) is 14.7 Å². The van der Waals surface area contributed by atoms with Gasteiger partial charge in [0.15, 0.2) is 11.5 Å². The van der Waals surface area contributed by atoms with Crippen molar-refractivity contribution in [2.45, 2.75) is 6.92 Å². The van der Waals surface area contributed by atoms with Crippen molar-refractivity contribution < 1.29 is 24.2 Å². The summed E-state index contributed by atoms with van der Waals surface area (Å²) in [5, 5.41) is 19.4. The van der Waals surface area contributed by atoms with Crippen molar-refractivity contribution >= 4 is 56.6 Å². The van der Waals surface area contributed by atoms with Crippen molar-refractivity contribution in [1.29, 1.82) is 0 Å². The second-order valence-corrected chi connectivity index (χ2v) is 9.33. The average Bonchev–Trinajstić information content (AvgIpc) is 3.32. The summed E-state index contributed by atoms with van der Waals surface area (Å²) in [4.78, 5) is 35.2. The van der Waals surface area contributed by atoms with Crippen LogP contribution >= 0.6 is 11.5 Å². The van der Waals surface area contributed by atoms with Gasteiger partial charge in [-0.1, -0.05) is 18.2 Å². The molecule has 0 aliphatic carbocycles. The predicted octanol–water partition coefficient (Wildman–Crippen LogP) is 5.37. The summed E-state index contributed by atoms with van der Waals surface area (Å²) in [7, 11) is 2.83. The second kappa shape index (κ2) is 11.3. The highest BCUT2D eigenvalue weighted by Gasteiger charge is 2.20. The Morgan fingerprint density at radius 3 is 2.45 bits per heavy atom. The van der Waals surface area contributed by atoms with E-state index in [1.165, 1.54) is 26.4 Å². The number of ether oxygens (including phenoxy) is 2. The quantitative estimate of drug-likeness (QED) is 0.198. The zero-order valence-electron chi connectivity index (χ0n) is 21.7. The molecule has 4 N–H and O–H groups in total. The van der Waals surface area contributed by atoms with Crippen molar-refractivity contribution in [3.05, 3.63) is 83.7 Å². The molecule has 2 aromatic heterocycles. The molecule has 0 aliphatic heterocycles. The molecule has 0 aliphatic rings. The molecule has 40 heavy (non-hydrogen) atoms. The molecule has 0 saturated heterocycles. The van der Waals surface area contributed by atoms with Crippen LogP contribution in [0.25, 0.3) is 11.0 Å². The molecule has 0 saturated carbocycles. The zero-order valence-corrected chi connectivity index (χ0v) is 22.5. The number of methoxy groups -OCH3 is 2. The van der Waals surface area contributed by atoms with E-state index in [1.54, 1.807) is 37.4 Å². The van der Waals surface area contributed by atoms with Crippen LogP contribution in [0.1, 0.15) is 26.4 Å². The monoisotopic (exact) mass is 556 g/mol. The molecule has 0 bridgehead atoms. The lowest BCUT2D eigenvalue weighted by Crippen LogP contribution is -2.16. The summed E-state index contributed by atoms with van der Waals surface area (Å²) in [6.45, 7) is 1.74. The van der Waals surface area contributed by atoms with Gasteiger partial charge in [-0.2, -0.15) is 4.37 Å². The van der Waals surface area contributed by atoms with Crippen LogP contribution in [-0.4, -0.2) is 45.5 Å². The van der Waals surface area contributed by atoms with Gasteiger partial charge in [-0.15, -0.1) is 0 Å². The van der Waals surface area contributed by atoms with Gasteiger partial charge in [-0.25, -0.2) is 4.98 Å². The SMILES string of the molecule is COc1cc(NC(=O)c2cccc(NC(=O)c3c(C)nsc3Nc3cnc4ccccc4n3)c2)cc(O)c1OC. The lowest BCUT2D eigenvalue weighted by Gasteiger charge is -2.13. The number of aryl methyl sites for hydroxylation is 1. The van der Waals surface area contributed by atoms with Crippen LogP contribution in [0.3, 0.4) is 0 Å². The van der Waals surface area contributed by atoms with Gasteiger partial charge in [0.25, 0.3) is 11.8 Å². The molecular formula is C28H24N6O5S. The number of aromatic hydroxyl groups is 1. The first-order valence-electron chi connectivity index (χ1n) is 12.0. The highest BCUT2D eigenvalue weighted by Crippen LogP contribution is 2.39. The van der Waals surface area contributed by atoms with Gasteiger partial charge in [0.05, 0.1) is 42.7 Å². The molecule has 11 nitrogen and oxygen atoms in total. The summed E-state index contributed by atoms with van der Waals surface area (Å²) >= 11 is 1.14. The first-order valence-corrected chi connectivity index (χ1v) is 12.8. The van der Waals surface area contributed by atoms with Crippen molar-refractivity contribution in [1.82, 2.24) is 14.3 Å². The van der Waals surface area contributed by atoms with Crippen LogP contribution in [0, 0.1) is 6.92 Å². The summed E-state index contributed by atoms with van der Waals surface area (Å²) in [6.07, 6.45) is 1.60. The Bertz CT molecular complexity index is 1740. The molecule has 5 rings (SSSR count). The standard InChI is InChI=1S/C28H24N6O5S/c1-15-24(28(40-34-15)33-23-14-29-19-9-4-5-10-20(19)32-23)27(37)30-17-8-6-7-16(11-17)26(36)31-18-12-21(35)25(39-3)22(13-18)38-2/h4-14,35H,1-3H3,(H,30,37)(H,31,36)(H,32,33). The van der Waals surface area contributed by atoms with Crippen LogP contribution in [0.15, 0.2) is 66.9 Å². The molecule has 3 aromatic carbocycles. The molecule has 0 unspecified atom stereocenters. The molecule has 2 amide bonds. The van der Waals surface area contributed by atoms with Gasteiger partial charge in [0.1, 0.15) is 10.8 Å². The van der Waals surface area contributed by atoms with Crippen molar-refractivity contribution in [2.24, 2.45) is 0 Å². The summed E-state index contributed by atoms with van der Waals surface area (Å²) in [5.41, 5.74) is 3.39. The first kappa shape index (κ1) is 26.4. The number of nitrogens with one attached hydrogen (secondary N) is 3. The number of anilines is 4. The number of hydrogen-bond acceptors (Lipinski definition) is 10. The van der Waals surface area contributed by atoms with E-state index in [0.717, 1.165) is 22.6 Å². The molecule has 0 radical (unpaired) electrons. The number of amides is 2. The van der Waals surface area contributed by atoms with E-state index in [-0.39, 0.29) is 22.8 Å². The van der Waals surface area contributed by atoms with Crippen molar-refractivity contribution in [2.75, 3.05) is 30.2 Å². The minimum Gasteiger partial charge on any atom is -0.504 e. The maximum atomic E-state index is 13.3. The van der Waals surface area contributed by atoms with E-state index in [0.29, 0.717) is 33.5 Å². The van der Waals surface area contributed by atoms with E-state index in [4.69, 9.17) is 9.47 Å². The predicted molar refractivity (Wildman–Crippen MR) is 153 cm³/mol. The molecule has 12 heteroatoms. The maximum Gasteiger partial charge on any atom is 0.260 e. The van der Waals surface area contributed by atoms with Gasteiger partial charge in [-0.05, 0) is 48.8 Å². The molecule has 0 spiro atoms. The van der Waals surface area contributed by atoms with Gasteiger partial charge >= 0.3 is 0 Å². The topological polar surface area (TPSA) is 148 Å². The Morgan fingerprint density at radius 1 is 0.900 bits per heavy atom. The lowest BCUT2D eigenvalue weighted by atomic mass is 10.1. The number of benzene rings is 3. The van der Waals surface area contributed by atoms with Crippen LogP contribution in [0.5, 0.6) is 17.2 Å². The van der Waals surface area contributed by atoms with Gasteiger partial charge < -0.3 is 30.5 Å². The minimum atomic E-state index is -0.451. The molecule has 0 fully saturated rings. The smallest absolute Gasteiger partial charge is 0.260 e. The van der Waals surface area contributed by atoms with E-state index in [1.807, 2.05) is 24.3 Å². The number of para-hydroxylation sites is 2. The van der Waals surface area contributed by atoms with Crippen LogP contribution < -0.4 is 25.4 Å². The fraction of sp³-hybridized carbons (Fsp3) is 0.107. The number of phenolic OH excluding ortho intramolecular Hbond substituents is 1. The average molecular weight is 557 g/mol. The van der Waals surface area contributed by atoms with E-state index >= 15 is 0 Å². The van der Waals surface area contributed by atoms with Gasteiger partial charge in [0.2, 0.25) is 5.75 Å². The van der Waals surface area contributed by atoms with Gasteiger partial charge in [0, 0.05) is 29.1 Å². The zero-order chi connectivity index (χ0) is 28.2. The summed E-state index contributed by atoms with van der Waals surface area (Å²) in [6, 6.07) is 16.9. The number of hydrogen-bond donors (Lipinski definition) is 4. The Labute approximate surface area is 233 Å². The molecule has 5 aromatic rings. The number of carbonyl (C=O) groups excluding carboxylic acids is 2. The number of carbonyl (C=O) groups is 2. The third-order valence-electron chi connectivity index (χ3n) is 5.88. The third-order valence-corrected chi connectivity index (χ3v) is 6.73. The second-order valence-electron chi connectivity index (χ2n) is 8.56. The molecule has 2 heterocycles. The number of rotatable bonds is 8.